The zero-order chi connectivity index (χ0) is 23.4. The van der Waals surface area contributed by atoms with Crippen LogP contribution in [0.4, 0.5) is 0 Å². The molecule has 4 aromatic rings. The molecule has 3 heterocycles. The summed E-state index contributed by atoms with van der Waals surface area (Å²) in [7, 11) is 0. The van der Waals surface area contributed by atoms with Crippen molar-refractivity contribution < 1.29 is 4.79 Å². The first-order valence-corrected chi connectivity index (χ1v) is 10.8. The summed E-state index contributed by atoms with van der Waals surface area (Å²) in [5, 5.41) is 2.80. The van der Waals surface area contributed by atoms with Crippen LogP contribution in [0.3, 0.4) is 0 Å². The Balaban J connectivity index is 1.57. The second-order valence-corrected chi connectivity index (χ2v) is 8.12. The Morgan fingerprint density at radius 3 is 2.48 bits per heavy atom. The van der Waals surface area contributed by atoms with Crippen molar-refractivity contribution in [1.29, 1.82) is 0 Å². The largest absolute Gasteiger partial charge is 0.348 e. The van der Waals surface area contributed by atoms with Gasteiger partial charge in [-0.3, -0.25) is 14.6 Å². The predicted octanol–water partition coefficient (Wildman–Crippen LogP) is 4.26. The number of pyridine rings is 2. The van der Waals surface area contributed by atoms with Crippen LogP contribution in [0.15, 0.2) is 71.8 Å². The molecule has 0 fully saturated rings. The Labute approximate surface area is 192 Å². The molecule has 166 valence electrons. The van der Waals surface area contributed by atoms with Crippen LogP contribution in [0.1, 0.15) is 47.2 Å². The van der Waals surface area contributed by atoms with E-state index in [2.05, 4.69) is 34.1 Å². The van der Waals surface area contributed by atoms with E-state index >= 15 is 0 Å². The zero-order valence-corrected chi connectivity index (χ0v) is 18.8. The molecule has 0 bridgehead atoms. The molecular formula is C26H25N5O2. The van der Waals surface area contributed by atoms with Crippen LogP contribution in [0.25, 0.3) is 22.5 Å². The van der Waals surface area contributed by atoms with E-state index in [1.807, 2.05) is 48.7 Å². The molecule has 0 aliphatic carbocycles. The van der Waals surface area contributed by atoms with E-state index in [-0.39, 0.29) is 11.5 Å². The Morgan fingerprint density at radius 1 is 1.03 bits per heavy atom. The standard InChI is InChI=1S/C26H25N5O2/c1-16(2)24-28-15-21(22-6-4-5-13-27-22)23(31-24)19-10-8-18(9-11-19)14-29-25(32)20-12-7-17(3)30-26(20)33/h4-13,15-16H,14H2,1-3H3,(H,29,32)(H,30,33). The van der Waals surface area contributed by atoms with Gasteiger partial charge in [-0.05, 0) is 36.8 Å². The van der Waals surface area contributed by atoms with Gasteiger partial charge in [0.25, 0.3) is 11.5 Å². The lowest BCUT2D eigenvalue weighted by atomic mass is 10.0. The number of aromatic amines is 1. The number of benzene rings is 1. The molecular weight excluding hydrogens is 414 g/mol. The van der Waals surface area contributed by atoms with Crippen LogP contribution in [-0.4, -0.2) is 25.8 Å². The average Bonchev–Trinajstić information content (AvgIpc) is 2.83. The minimum absolute atomic E-state index is 0.0967. The van der Waals surface area contributed by atoms with Gasteiger partial charge in [0.05, 0.1) is 11.4 Å². The molecule has 1 aromatic carbocycles. The zero-order valence-electron chi connectivity index (χ0n) is 18.8. The number of nitrogens with one attached hydrogen (secondary N) is 2. The minimum atomic E-state index is -0.407. The number of hydrogen-bond acceptors (Lipinski definition) is 5. The summed E-state index contributed by atoms with van der Waals surface area (Å²) < 4.78 is 0. The van der Waals surface area contributed by atoms with Gasteiger partial charge in [0.1, 0.15) is 11.4 Å². The molecule has 33 heavy (non-hydrogen) atoms. The van der Waals surface area contributed by atoms with Gasteiger partial charge in [-0.1, -0.05) is 44.2 Å². The summed E-state index contributed by atoms with van der Waals surface area (Å²) in [5.74, 6) is 0.556. The molecule has 1 amide bonds. The third-order valence-corrected chi connectivity index (χ3v) is 5.25. The first kappa shape index (κ1) is 22.1. The third kappa shape index (κ3) is 5.03. The number of hydrogen-bond donors (Lipinski definition) is 2. The van der Waals surface area contributed by atoms with Crippen LogP contribution in [-0.2, 0) is 6.54 Å². The molecule has 0 saturated heterocycles. The summed E-state index contributed by atoms with van der Waals surface area (Å²) in [6, 6.07) is 16.8. The van der Waals surface area contributed by atoms with Crippen molar-refractivity contribution in [1.82, 2.24) is 25.3 Å². The van der Waals surface area contributed by atoms with E-state index in [1.165, 1.54) is 6.07 Å². The fraction of sp³-hybridized carbons (Fsp3) is 0.192. The number of amides is 1. The molecule has 0 unspecified atom stereocenters. The van der Waals surface area contributed by atoms with Crippen LogP contribution in [0, 0.1) is 6.92 Å². The van der Waals surface area contributed by atoms with Crippen molar-refractivity contribution in [3.63, 3.8) is 0 Å². The first-order chi connectivity index (χ1) is 15.9. The van der Waals surface area contributed by atoms with Crippen molar-refractivity contribution in [2.24, 2.45) is 0 Å². The van der Waals surface area contributed by atoms with Gasteiger partial charge in [-0.25, -0.2) is 9.97 Å². The number of aryl methyl sites for hydroxylation is 1. The van der Waals surface area contributed by atoms with Crippen LogP contribution in [0.2, 0.25) is 0 Å². The topological polar surface area (TPSA) is 101 Å². The number of rotatable bonds is 6. The Kier molecular flexibility index (Phi) is 6.40. The van der Waals surface area contributed by atoms with Crippen molar-refractivity contribution in [3.05, 3.63) is 100.0 Å². The maximum atomic E-state index is 12.4. The monoisotopic (exact) mass is 439 g/mol. The van der Waals surface area contributed by atoms with Crippen LogP contribution < -0.4 is 10.9 Å². The summed E-state index contributed by atoms with van der Waals surface area (Å²) >= 11 is 0. The Morgan fingerprint density at radius 2 is 1.82 bits per heavy atom. The van der Waals surface area contributed by atoms with E-state index in [4.69, 9.17) is 4.98 Å². The van der Waals surface area contributed by atoms with Gasteiger partial charge in [0.2, 0.25) is 0 Å². The van der Waals surface area contributed by atoms with Gasteiger partial charge in [0, 0.05) is 41.7 Å². The highest BCUT2D eigenvalue weighted by atomic mass is 16.2. The molecule has 7 nitrogen and oxygen atoms in total. The smallest absolute Gasteiger partial charge is 0.260 e. The van der Waals surface area contributed by atoms with Crippen molar-refractivity contribution in [2.75, 3.05) is 0 Å². The number of nitrogens with zero attached hydrogens (tertiary/aromatic N) is 3. The van der Waals surface area contributed by atoms with E-state index in [1.54, 1.807) is 19.2 Å². The normalized spacial score (nSPS) is 10.9. The lowest BCUT2D eigenvalue weighted by Crippen LogP contribution is -2.29. The molecule has 0 spiro atoms. The average molecular weight is 440 g/mol. The van der Waals surface area contributed by atoms with E-state index in [9.17, 15) is 9.59 Å². The SMILES string of the molecule is Cc1ccc(C(=O)NCc2ccc(-c3nc(C(C)C)ncc3-c3ccccn3)cc2)c(=O)[nH]1. The lowest BCUT2D eigenvalue weighted by molar-refractivity contribution is 0.0949. The predicted molar refractivity (Wildman–Crippen MR) is 128 cm³/mol. The number of H-pyrrole nitrogens is 1. The second-order valence-electron chi connectivity index (χ2n) is 8.12. The highest BCUT2D eigenvalue weighted by molar-refractivity contribution is 5.93. The van der Waals surface area contributed by atoms with Crippen molar-refractivity contribution in [2.45, 2.75) is 33.2 Å². The van der Waals surface area contributed by atoms with Crippen LogP contribution in [0.5, 0.6) is 0 Å². The molecule has 0 aliphatic rings. The van der Waals surface area contributed by atoms with Gasteiger partial charge >= 0.3 is 0 Å². The van der Waals surface area contributed by atoms with E-state index in [0.29, 0.717) is 12.2 Å². The molecule has 4 rings (SSSR count). The highest BCUT2D eigenvalue weighted by Gasteiger charge is 2.15. The summed E-state index contributed by atoms with van der Waals surface area (Å²) in [6.07, 6.45) is 3.58. The number of carbonyl (C=O) groups excluding carboxylic acids is 1. The first-order valence-electron chi connectivity index (χ1n) is 10.8. The summed E-state index contributed by atoms with van der Waals surface area (Å²) in [4.78, 5) is 40.8. The van der Waals surface area contributed by atoms with Crippen molar-refractivity contribution >= 4 is 5.91 Å². The van der Waals surface area contributed by atoms with Gasteiger partial charge in [-0.15, -0.1) is 0 Å². The fourth-order valence-corrected chi connectivity index (χ4v) is 3.41. The van der Waals surface area contributed by atoms with E-state index in [0.717, 1.165) is 33.9 Å². The fourth-order valence-electron chi connectivity index (χ4n) is 3.41. The maximum absolute atomic E-state index is 12.4. The Hall–Kier alpha value is -4.13. The van der Waals surface area contributed by atoms with E-state index < -0.39 is 11.5 Å². The molecule has 0 atom stereocenters. The second kappa shape index (κ2) is 9.56. The van der Waals surface area contributed by atoms with Gasteiger partial charge in [-0.2, -0.15) is 0 Å². The Bertz CT molecular complexity index is 1330. The molecule has 2 N–H and O–H groups in total. The lowest BCUT2D eigenvalue weighted by Gasteiger charge is -2.12. The number of carbonyl (C=O) groups is 1. The van der Waals surface area contributed by atoms with Crippen molar-refractivity contribution in [3.8, 4) is 22.5 Å². The van der Waals surface area contributed by atoms with Crippen LogP contribution >= 0.6 is 0 Å². The summed E-state index contributed by atoms with van der Waals surface area (Å²) in [6.45, 7) is 6.20. The third-order valence-electron chi connectivity index (χ3n) is 5.25. The quantitative estimate of drug-likeness (QED) is 0.468. The molecule has 7 heteroatoms. The number of aromatic nitrogens is 4. The van der Waals surface area contributed by atoms with Gasteiger partial charge in [0.15, 0.2) is 0 Å². The minimum Gasteiger partial charge on any atom is -0.348 e. The molecule has 0 aliphatic heterocycles. The van der Waals surface area contributed by atoms with Gasteiger partial charge < -0.3 is 10.3 Å². The summed E-state index contributed by atoms with van der Waals surface area (Å²) in [5.41, 5.74) is 4.74. The molecule has 3 aromatic heterocycles. The maximum Gasteiger partial charge on any atom is 0.260 e. The highest BCUT2D eigenvalue weighted by Crippen LogP contribution is 2.30. The molecule has 0 saturated carbocycles. The molecule has 0 radical (unpaired) electrons.